The Kier molecular flexibility index (Phi) is 7.09. The van der Waals surface area contributed by atoms with Gasteiger partial charge in [-0.2, -0.15) is 15.0 Å². The third-order valence-electron chi connectivity index (χ3n) is 8.66. The molecule has 1 amide bonds. The fourth-order valence-electron chi connectivity index (χ4n) is 7.00. The lowest BCUT2D eigenvalue weighted by molar-refractivity contribution is -0.0282. The quantitative estimate of drug-likeness (QED) is 0.455. The standard InChI is InChI=1S/C28H37ClFN5O5/c1-27(2,3)40-26(36)35-10-6-9-28(8-5-7-18(28)35)15-39-25-31-21-19(24(37-4)32-22(29)20(21)30)23(33-25)34-12-16-11-17(13-34)38-14-16/h16-18H,5-15H2,1-4H3/t16?,17?,18-,28-/m1/s1. The Morgan fingerprint density at radius 2 is 2.00 bits per heavy atom. The number of aromatic nitrogens is 3. The number of hydrogen-bond donors (Lipinski definition) is 0. The van der Waals surface area contributed by atoms with Crippen LogP contribution in [-0.2, 0) is 9.47 Å². The number of ether oxygens (including phenoxy) is 4. The number of piperidine rings is 2. The number of hydrogen-bond acceptors (Lipinski definition) is 9. The van der Waals surface area contributed by atoms with Gasteiger partial charge in [0.15, 0.2) is 11.0 Å². The zero-order valence-corrected chi connectivity index (χ0v) is 24.3. The first-order valence-corrected chi connectivity index (χ1v) is 14.5. The van der Waals surface area contributed by atoms with Gasteiger partial charge in [0.25, 0.3) is 0 Å². The molecule has 6 rings (SSSR count). The average molecular weight is 578 g/mol. The zero-order chi connectivity index (χ0) is 28.2. The summed E-state index contributed by atoms with van der Waals surface area (Å²) in [7, 11) is 1.46. The highest BCUT2D eigenvalue weighted by Crippen LogP contribution is 2.48. The van der Waals surface area contributed by atoms with Gasteiger partial charge < -0.3 is 28.7 Å². The third kappa shape index (κ3) is 5.00. The summed E-state index contributed by atoms with van der Waals surface area (Å²) in [5, 5.41) is 0.0421. The molecule has 1 aliphatic carbocycles. The molecule has 0 N–H and O–H groups in total. The molecule has 4 fully saturated rings. The van der Waals surface area contributed by atoms with Gasteiger partial charge in [-0.1, -0.05) is 18.0 Å². The molecule has 10 nitrogen and oxygen atoms in total. The van der Waals surface area contributed by atoms with Gasteiger partial charge in [0.1, 0.15) is 22.3 Å². The summed E-state index contributed by atoms with van der Waals surface area (Å²) < 4.78 is 38.8. The fraction of sp³-hybridized carbons (Fsp3) is 0.714. The number of carbonyl (C=O) groups is 1. The monoisotopic (exact) mass is 577 g/mol. The van der Waals surface area contributed by atoms with E-state index in [0.29, 0.717) is 50.0 Å². The predicted molar refractivity (Wildman–Crippen MR) is 147 cm³/mol. The maximum absolute atomic E-state index is 15.4. The van der Waals surface area contributed by atoms with E-state index in [4.69, 9.17) is 35.5 Å². The highest BCUT2D eigenvalue weighted by atomic mass is 35.5. The number of anilines is 1. The lowest BCUT2D eigenvalue weighted by atomic mass is 9.75. The number of nitrogens with zero attached hydrogens (tertiary/aromatic N) is 5. The second-order valence-electron chi connectivity index (χ2n) is 12.6. The molecule has 5 heterocycles. The number of pyridine rings is 1. The molecule has 2 aromatic heterocycles. The maximum Gasteiger partial charge on any atom is 0.410 e. The van der Waals surface area contributed by atoms with Crippen LogP contribution in [0, 0.1) is 17.2 Å². The molecule has 1 saturated carbocycles. The second-order valence-corrected chi connectivity index (χ2v) is 12.9. The van der Waals surface area contributed by atoms with Gasteiger partial charge in [-0.25, -0.2) is 9.18 Å². The van der Waals surface area contributed by atoms with E-state index in [0.717, 1.165) is 38.5 Å². The number of likely N-dealkylation sites (tertiary alicyclic amines) is 1. The summed E-state index contributed by atoms with van der Waals surface area (Å²) in [4.78, 5) is 30.4. The number of fused-ring (bicyclic) bond motifs is 4. The molecule has 0 radical (unpaired) electrons. The Morgan fingerprint density at radius 3 is 2.75 bits per heavy atom. The molecule has 3 saturated heterocycles. The molecule has 4 atom stereocenters. The van der Waals surface area contributed by atoms with Crippen molar-refractivity contribution in [3.63, 3.8) is 0 Å². The molecule has 218 valence electrons. The number of halogens is 2. The van der Waals surface area contributed by atoms with Crippen molar-refractivity contribution >= 4 is 34.4 Å². The highest BCUT2D eigenvalue weighted by molar-refractivity contribution is 6.30. The van der Waals surface area contributed by atoms with Gasteiger partial charge in [-0.05, 0) is 52.9 Å². The van der Waals surface area contributed by atoms with Crippen LogP contribution in [0.1, 0.15) is 59.3 Å². The van der Waals surface area contributed by atoms with Crippen LogP contribution >= 0.6 is 11.6 Å². The van der Waals surface area contributed by atoms with Gasteiger partial charge in [-0.15, -0.1) is 0 Å². The second kappa shape index (κ2) is 10.3. The largest absolute Gasteiger partial charge is 0.480 e. The van der Waals surface area contributed by atoms with Crippen molar-refractivity contribution in [2.24, 2.45) is 11.3 Å². The molecule has 12 heteroatoms. The molecule has 0 aromatic carbocycles. The first-order valence-electron chi connectivity index (χ1n) is 14.2. The lowest BCUT2D eigenvalue weighted by Gasteiger charge is -2.46. The van der Waals surface area contributed by atoms with Crippen molar-refractivity contribution in [2.45, 2.75) is 77.0 Å². The Bertz CT molecular complexity index is 1300. The minimum absolute atomic E-state index is 0.00127. The van der Waals surface area contributed by atoms with Crippen LogP contribution in [0.25, 0.3) is 10.9 Å². The molecule has 2 bridgehead atoms. The number of rotatable bonds is 5. The molecular formula is C28H37ClFN5O5. The van der Waals surface area contributed by atoms with Crippen molar-refractivity contribution in [2.75, 3.05) is 44.9 Å². The SMILES string of the molecule is COc1nc(Cl)c(F)c2nc(OC[C@]34CCC[C@H]3N(C(=O)OC(C)(C)C)CCC4)nc(N3CC4COC(C4)C3)c12. The van der Waals surface area contributed by atoms with Gasteiger partial charge in [0.2, 0.25) is 5.88 Å². The minimum atomic E-state index is -0.743. The van der Waals surface area contributed by atoms with Gasteiger partial charge in [-0.3, -0.25) is 0 Å². The van der Waals surface area contributed by atoms with Crippen LogP contribution in [0.4, 0.5) is 15.0 Å². The lowest BCUT2D eigenvalue weighted by Crippen LogP contribution is -2.55. The first kappa shape index (κ1) is 27.5. The van der Waals surface area contributed by atoms with E-state index in [1.807, 2.05) is 25.7 Å². The van der Waals surface area contributed by atoms with E-state index < -0.39 is 11.4 Å². The summed E-state index contributed by atoms with van der Waals surface area (Å²) >= 11 is 6.13. The third-order valence-corrected chi connectivity index (χ3v) is 8.91. The smallest absolute Gasteiger partial charge is 0.410 e. The molecular weight excluding hydrogens is 541 g/mol. The van der Waals surface area contributed by atoms with Gasteiger partial charge in [0, 0.05) is 37.0 Å². The summed E-state index contributed by atoms with van der Waals surface area (Å²) in [5.41, 5.74) is -0.810. The van der Waals surface area contributed by atoms with E-state index in [-0.39, 0.29) is 46.2 Å². The van der Waals surface area contributed by atoms with E-state index in [1.165, 1.54) is 7.11 Å². The van der Waals surface area contributed by atoms with Crippen molar-refractivity contribution in [3.8, 4) is 11.9 Å². The van der Waals surface area contributed by atoms with E-state index >= 15 is 4.39 Å². The van der Waals surface area contributed by atoms with Crippen molar-refractivity contribution in [3.05, 3.63) is 11.0 Å². The van der Waals surface area contributed by atoms with Crippen molar-refractivity contribution < 1.29 is 28.1 Å². The van der Waals surface area contributed by atoms with E-state index in [2.05, 4.69) is 14.9 Å². The topological polar surface area (TPSA) is 99.1 Å². The normalized spacial score (nSPS) is 28.1. The fourth-order valence-corrected chi connectivity index (χ4v) is 7.17. The Balaban J connectivity index is 1.33. The number of carbonyl (C=O) groups excluding carboxylic acids is 1. The first-order chi connectivity index (χ1) is 19.1. The Hall–Kier alpha value is -2.66. The van der Waals surface area contributed by atoms with Gasteiger partial charge >= 0.3 is 12.1 Å². The van der Waals surface area contributed by atoms with Crippen LogP contribution in [0.2, 0.25) is 5.15 Å². The van der Waals surface area contributed by atoms with E-state index in [9.17, 15) is 4.79 Å². The molecule has 2 aromatic rings. The number of amides is 1. The molecule has 40 heavy (non-hydrogen) atoms. The molecule has 4 aliphatic rings. The maximum atomic E-state index is 15.4. The van der Waals surface area contributed by atoms with Crippen molar-refractivity contribution in [1.82, 2.24) is 19.9 Å². The average Bonchev–Trinajstić information content (AvgIpc) is 3.50. The van der Waals surface area contributed by atoms with E-state index in [1.54, 1.807) is 0 Å². The molecule has 0 spiro atoms. The predicted octanol–water partition coefficient (Wildman–Crippen LogP) is 5.00. The van der Waals surface area contributed by atoms with Crippen LogP contribution < -0.4 is 14.4 Å². The van der Waals surface area contributed by atoms with Gasteiger partial charge in [0.05, 0.1) is 26.4 Å². The summed E-state index contributed by atoms with van der Waals surface area (Å²) in [6.07, 6.45) is 5.36. The minimum Gasteiger partial charge on any atom is -0.480 e. The summed E-state index contributed by atoms with van der Waals surface area (Å²) in [6, 6.07) is 0.0698. The van der Waals surface area contributed by atoms with Crippen LogP contribution in [0.3, 0.4) is 0 Å². The van der Waals surface area contributed by atoms with Crippen LogP contribution in [-0.4, -0.2) is 83.6 Å². The Labute approximate surface area is 238 Å². The highest BCUT2D eigenvalue weighted by Gasteiger charge is 2.51. The van der Waals surface area contributed by atoms with Crippen LogP contribution in [0.5, 0.6) is 11.9 Å². The molecule has 3 aliphatic heterocycles. The summed E-state index contributed by atoms with van der Waals surface area (Å²) in [6.45, 7) is 8.64. The molecule has 2 unspecified atom stereocenters. The Morgan fingerprint density at radius 1 is 1.20 bits per heavy atom. The zero-order valence-electron chi connectivity index (χ0n) is 23.5. The van der Waals surface area contributed by atoms with Crippen molar-refractivity contribution in [1.29, 1.82) is 0 Å². The summed E-state index contributed by atoms with van der Waals surface area (Å²) in [5.74, 6) is 0.285. The van der Waals surface area contributed by atoms with Crippen LogP contribution in [0.15, 0.2) is 0 Å². The number of methoxy groups -OCH3 is 1.